The molecule has 1 saturated heterocycles. The summed E-state index contributed by atoms with van der Waals surface area (Å²) >= 11 is 0. The van der Waals surface area contributed by atoms with Gasteiger partial charge in [0, 0.05) is 31.7 Å². The van der Waals surface area contributed by atoms with E-state index in [0.29, 0.717) is 31.7 Å². The summed E-state index contributed by atoms with van der Waals surface area (Å²) in [4.78, 5) is 1.83. The molecule has 0 unspecified atom stereocenters. The number of benzene rings is 2. The molecule has 1 heterocycles. The third-order valence-corrected chi connectivity index (χ3v) is 4.44. The zero-order chi connectivity index (χ0) is 21.9. The van der Waals surface area contributed by atoms with E-state index in [1.165, 1.54) is 12.1 Å². The van der Waals surface area contributed by atoms with Gasteiger partial charge in [-0.25, -0.2) is 4.39 Å². The van der Waals surface area contributed by atoms with E-state index in [2.05, 4.69) is 14.8 Å². The Morgan fingerprint density at radius 3 is 1.90 bits per heavy atom. The minimum Gasteiger partial charge on any atom is -0.406 e. The summed E-state index contributed by atoms with van der Waals surface area (Å²) in [7, 11) is 0. The van der Waals surface area contributed by atoms with Gasteiger partial charge >= 0.3 is 12.7 Å². The average Bonchev–Trinajstić information content (AvgIpc) is 2.64. The van der Waals surface area contributed by atoms with Crippen LogP contribution in [-0.2, 0) is 0 Å². The first kappa shape index (κ1) is 22.2. The van der Waals surface area contributed by atoms with Crippen molar-refractivity contribution in [3.63, 3.8) is 0 Å². The molecule has 0 radical (unpaired) electrons. The monoisotopic (exact) mass is 438 g/mol. The largest absolute Gasteiger partial charge is 0.573 e. The van der Waals surface area contributed by atoms with Crippen molar-refractivity contribution >= 4 is 0 Å². The number of piperazine rings is 1. The molecule has 0 spiro atoms. The first-order chi connectivity index (χ1) is 14.0. The zero-order valence-corrected chi connectivity index (χ0v) is 15.4. The Kier molecular flexibility index (Phi) is 6.41. The van der Waals surface area contributed by atoms with Crippen LogP contribution in [0.2, 0.25) is 0 Å². The van der Waals surface area contributed by atoms with Crippen LogP contribution in [0, 0.1) is 5.82 Å². The van der Waals surface area contributed by atoms with E-state index in [1.807, 2.05) is 4.90 Å². The summed E-state index contributed by atoms with van der Waals surface area (Å²) in [6, 6.07) is 6.65. The van der Waals surface area contributed by atoms with Gasteiger partial charge in [0.05, 0.1) is 6.04 Å². The maximum Gasteiger partial charge on any atom is 0.573 e. The van der Waals surface area contributed by atoms with E-state index in [4.69, 9.17) is 0 Å². The van der Waals surface area contributed by atoms with E-state index in [0.717, 1.165) is 30.3 Å². The molecule has 2 aromatic carbocycles. The number of hydrogen-bond donors (Lipinski definition) is 1. The average molecular weight is 438 g/mol. The quantitative estimate of drug-likeness (QED) is 0.691. The van der Waals surface area contributed by atoms with Crippen LogP contribution in [0.15, 0.2) is 42.5 Å². The summed E-state index contributed by atoms with van der Waals surface area (Å²) in [5.41, 5.74) is 0.317. The molecule has 3 rings (SSSR count). The lowest BCUT2D eigenvalue weighted by atomic mass is 9.95. The van der Waals surface area contributed by atoms with Gasteiger partial charge in [-0.05, 0) is 35.9 Å². The van der Waals surface area contributed by atoms with Crippen molar-refractivity contribution in [1.82, 2.24) is 10.2 Å². The van der Waals surface area contributed by atoms with Gasteiger partial charge in [0.25, 0.3) is 0 Å². The molecule has 1 aliphatic heterocycles. The van der Waals surface area contributed by atoms with Crippen LogP contribution in [0.1, 0.15) is 17.2 Å². The fourth-order valence-electron chi connectivity index (χ4n) is 3.31. The fourth-order valence-corrected chi connectivity index (χ4v) is 3.31. The van der Waals surface area contributed by atoms with Gasteiger partial charge in [-0.3, -0.25) is 4.90 Å². The molecule has 164 valence electrons. The predicted molar refractivity (Wildman–Crippen MR) is 92.5 cm³/mol. The molecule has 2 aromatic rings. The smallest absolute Gasteiger partial charge is 0.406 e. The number of ether oxygens (including phenoxy) is 2. The van der Waals surface area contributed by atoms with Crippen molar-refractivity contribution < 1.29 is 40.2 Å². The fraction of sp³-hybridized carbons (Fsp3) is 0.368. The summed E-state index contributed by atoms with van der Waals surface area (Å²) in [5.74, 6) is -1.81. The Morgan fingerprint density at radius 2 is 1.33 bits per heavy atom. The van der Waals surface area contributed by atoms with Crippen LogP contribution in [0.5, 0.6) is 11.5 Å². The molecule has 1 fully saturated rings. The molecule has 11 heteroatoms. The van der Waals surface area contributed by atoms with Gasteiger partial charge < -0.3 is 14.8 Å². The van der Waals surface area contributed by atoms with Crippen molar-refractivity contribution in [3.05, 3.63) is 59.4 Å². The molecule has 0 aliphatic carbocycles. The van der Waals surface area contributed by atoms with Gasteiger partial charge in [0.1, 0.15) is 17.3 Å². The van der Waals surface area contributed by atoms with Crippen LogP contribution < -0.4 is 14.8 Å². The van der Waals surface area contributed by atoms with Crippen LogP contribution in [-0.4, -0.2) is 43.8 Å². The number of nitrogens with zero attached hydrogens (tertiary/aromatic N) is 1. The summed E-state index contributed by atoms with van der Waals surface area (Å²) in [6.45, 7) is 2.03. The summed E-state index contributed by atoms with van der Waals surface area (Å²) < 4.78 is 97.4. The predicted octanol–water partition coefficient (Wildman–Crippen LogP) is 4.62. The van der Waals surface area contributed by atoms with Crippen molar-refractivity contribution in [2.24, 2.45) is 0 Å². The molecule has 1 N–H and O–H groups in total. The Bertz CT molecular complexity index is 847. The van der Waals surface area contributed by atoms with Crippen LogP contribution in [0.25, 0.3) is 0 Å². The Labute approximate surface area is 167 Å². The van der Waals surface area contributed by atoms with Crippen molar-refractivity contribution in [2.75, 3.05) is 26.2 Å². The zero-order valence-electron chi connectivity index (χ0n) is 15.4. The van der Waals surface area contributed by atoms with Crippen LogP contribution in [0.4, 0.5) is 30.7 Å². The summed E-state index contributed by atoms with van der Waals surface area (Å²) in [5, 5.41) is 3.11. The van der Waals surface area contributed by atoms with E-state index in [1.54, 1.807) is 0 Å². The lowest BCUT2D eigenvalue weighted by Crippen LogP contribution is -2.45. The highest BCUT2D eigenvalue weighted by atomic mass is 19.4. The van der Waals surface area contributed by atoms with E-state index < -0.39 is 36.1 Å². The summed E-state index contributed by atoms with van der Waals surface area (Å²) in [6.07, 6.45) is -9.81. The van der Waals surface area contributed by atoms with Crippen LogP contribution in [0.3, 0.4) is 0 Å². The standard InChI is InChI=1S/C19H17F7N2O2/c20-16-6-5-14(30-19(24,25)26)11-15(16)17(28-9-7-27-8-10-28)12-1-3-13(4-2-12)29-18(21,22)23/h1-6,11,17,27H,7-10H2/t17-/m0/s1. The van der Waals surface area contributed by atoms with E-state index >= 15 is 0 Å². The van der Waals surface area contributed by atoms with Gasteiger partial charge in [-0.15, -0.1) is 26.3 Å². The molecular weight excluding hydrogens is 421 g/mol. The lowest BCUT2D eigenvalue weighted by Gasteiger charge is -2.36. The van der Waals surface area contributed by atoms with Gasteiger partial charge in [0.15, 0.2) is 0 Å². The number of rotatable bonds is 5. The highest BCUT2D eigenvalue weighted by Crippen LogP contribution is 2.35. The topological polar surface area (TPSA) is 33.7 Å². The van der Waals surface area contributed by atoms with Gasteiger partial charge in [-0.2, -0.15) is 0 Å². The first-order valence-electron chi connectivity index (χ1n) is 8.87. The third kappa shape index (κ3) is 5.99. The Balaban J connectivity index is 1.98. The highest BCUT2D eigenvalue weighted by molar-refractivity contribution is 5.40. The second-order valence-corrected chi connectivity index (χ2v) is 6.54. The normalized spacial score (nSPS) is 16.9. The molecular formula is C19H17F7N2O2. The van der Waals surface area contributed by atoms with E-state index in [9.17, 15) is 30.7 Å². The Morgan fingerprint density at radius 1 is 0.800 bits per heavy atom. The minimum atomic E-state index is -4.95. The first-order valence-corrected chi connectivity index (χ1v) is 8.87. The molecule has 0 aromatic heterocycles. The SMILES string of the molecule is Fc1ccc(OC(F)(F)F)cc1[C@H](c1ccc(OC(F)(F)F)cc1)N1CCNCC1. The third-order valence-electron chi connectivity index (χ3n) is 4.44. The molecule has 4 nitrogen and oxygen atoms in total. The Hall–Kier alpha value is -2.53. The van der Waals surface area contributed by atoms with Crippen molar-refractivity contribution in [3.8, 4) is 11.5 Å². The van der Waals surface area contributed by atoms with Gasteiger partial charge in [0.2, 0.25) is 0 Å². The minimum absolute atomic E-state index is 0.0804. The molecule has 0 bridgehead atoms. The number of nitrogens with one attached hydrogen (secondary N) is 1. The molecule has 1 aliphatic rings. The number of alkyl halides is 6. The van der Waals surface area contributed by atoms with Gasteiger partial charge in [-0.1, -0.05) is 12.1 Å². The van der Waals surface area contributed by atoms with Crippen molar-refractivity contribution in [1.29, 1.82) is 0 Å². The van der Waals surface area contributed by atoms with Crippen LogP contribution >= 0.6 is 0 Å². The molecule has 30 heavy (non-hydrogen) atoms. The molecule has 0 saturated carbocycles. The van der Waals surface area contributed by atoms with Crippen molar-refractivity contribution in [2.45, 2.75) is 18.8 Å². The molecule has 1 atom stereocenters. The second-order valence-electron chi connectivity index (χ2n) is 6.54. The number of hydrogen-bond acceptors (Lipinski definition) is 4. The molecule has 0 amide bonds. The highest BCUT2D eigenvalue weighted by Gasteiger charge is 2.33. The number of halogens is 7. The second kappa shape index (κ2) is 8.68. The maximum absolute atomic E-state index is 14.6. The van der Waals surface area contributed by atoms with E-state index in [-0.39, 0.29) is 5.56 Å². The lowest BCUT2D eigenvalue weighted by molar-refractivity contribution is -0.275. The maximum atomic E-state index is 14.6.